The third-order valence-electron chi connectivity index (χ3n) is 4.95. The van der Waals surface area contributed by atoms with Crippen molar-refractivity contribution in [2.24, 2.45) is 16.6 Å². The van der Waals surface area contributed by atoms with E-state index < -0.39 is 0 Å². The van der Waals surface area contributed by atoms with Gasteiger partial charge in [-0.3, -0.25) is 9.81 Å². The molecule has 0 saturated carbocycles. The number of amidine groups is 2. The lowest BCUT2D eigenvalue weighted by Gasteiger charge is -2.06. The van der Waals surface area contributed by atoms with Gasteiger partial charge in [-0.2, -0.15) is 0 Å². The van der Waals surface area contributed by atoms with E-state index >= 15 is 0 Å². The summed E-state index contributed by atoms with van der Waals surface area (Å²) >= 11 is 0. The molecule has 30 heavy (non-hydrogen) atoms. The van der Waals surface area contributed by atoms with Gasteiger partial charge in [-0.05, 0) is 35.7 Å². The molecule has 0 bridgehead atoms. The largest absolute Gasteiger partial charge is 0.493 e. The second-order valence-electron chi connectivity index (χ2n) is 6.95. The number of fused-ring (bicyclic) bond motifs is 1. The maximum Gasteiger partial charge on any atom is 0.224 e. The fourth-order valence-corrected chi connectivity index (χ4v) is 3.38. The second-order valence-corrected chi connectivity index (χ2v) is 6.95. The predicted molar refractivity (Wildman–Crippen MR) is 116 cm³/mol. The van der Waals surface area contributed by atoms with Crippen LogP contribution in [0.3, 0.4) is 0 Å². The highest BCUT2D eigenvalue weighted by Crippen LogP contribution is 2.33. The second kappa shape index (κ2) is 7.25. The Morgan fingerprint density at radius 1 is 1.00 bits per heavy atom. The zero-order valence-corrected chi connectivity index (χ0v) is 16.2. The van der Waals surface area contributed by atoms with Gasteiger partial charge in [0, 0.05) is 22.9 Å². The number of nitrogens with one attached hydrogen (secondary N) is 1. The zero-order chi connectivity index (χ0) is 21.4. The first-order chi connectivity index (χ1) is 14.4. The molecule has 7 N–H and O–H groups in total. The van der Waals surface area contributed by atoms with Crippen molar-refractivity contribution in [2.45, 2.75) is 6.92 Å². The average molecular weight is 400 g/mol. The molecule has 0 aliphatic heterocycles. The minimum Gasteiger partial charge on any atom is -0.493 e. The Kier molecular flexibility index (Phi) is 4.59. The van der Waals surface area contributed by atoms with Gasteiger partial charge < -0.3 is 21.8 Å². The van der Waals surface area contributed by atoms with Crippen LogP contribution < -0.4 is 11.5 Å². The molecule has 0 saturated heterocycles. The Labute approximate surface area is 172 Å². The molecule has 0 radical (unpaired) electrons. The van der Waals surface area contributed by atoms with E-state index in [-0.39, 0.29) is 17.6 Å². The van der Waals surface area contributed by atoms with E-state index in [9.17, 15) is 5.11 Å². The van der Waals surface area contributed by atoms with E-state index in [4.69, 9.17) is 22.1 Å². The summed E-state index contributed by atoms with van der Waals surface area (Å²) in [6, 6.07) is 16.7. The summed E-state index contributed by atoms with van der Waals surface area (Å²) in [5.74, 6) is -0.0483. The number of imidazole rings is 1. The molecule has 0 unspecified atom stereocenters. The summed E-state index contributed by atoms with van der Waals surface area (Å²) in [4.78, 5) is 4.61. The first kappa shape index (κ1) is 19.0. The molecule has 0 fully saturated rings. The third-order valence-corrected chi connectivity index (χ3v) is 4.95. The lowest BCUT2D eigenvalue weighted by atomic mass is 10.0. The summed E-state index contributed by atoms with van der Waals surface area (Å²) in [6.45, 7) is 1.86. The summed E-state index contributed by atoms with van der Waals surface area (Å²) in [5.41, 5.74) is 16.8. The molecule has 2 heterocycles. The summed E-state index contributed by atoms with van der Waals surface area (Å²) in [6.07, 6.45) is 1.60. The van der Waals surface area contributed by atoms with Gasteiger partial charge >= 0.3 is 0 Å². The summed E-state index contributed by atoms with van der Waals surface area (Å²) < 4.78 is 1.54. The molecule has 8 heteroatoms. The van der Waals surface area contributed by atoms with Crippen LogP contribution >= 0.6 is 0 Å². The number of aromatic nitrogens is 2. The Hall–Kier alpha value is -4.33. The van der Waals surface area contributed by atoms with Gasteiger partial charge in [0.15, 0.2) is 5.84 Å². The van der Waals surface area contributed by atoms with Crippen LogP contribution in [-0.4, -0.2) is 31.4 Å². The van der Waals surface area contributed by atoms with Crippen LogP contribution in [0.15, 0.2) is 65.9 Å². The Balaban J connectivity index is 1.79. The molecular formula is C22H20N6O2. The van der Waals surface area contributed by atoms with Gasteiger partial charge in [0.25, 0.3) is 0 Å². The van der Waals surface area contributed by atoms with Crippen molar-refractivity contribution in [1.29, 1.82) is 5.41 Å². The van der Waals surface area contributed by atoms with Crippen molar-refractivity contribution in [2.75, 3.05) is 0 Å². The van der Waals surface area contributed by atoms with Crippen molar-refractivity contribution >= 4 is 17.3 Å². The van der Waals surface area contributed by atoms with Crippen LogP contribution in [0.5, 0.6) is 5.88 Å². The highest BCUT2D eigenvalue weighted by molar-refractivity contribution is 5.97. The van der Waals surface area contributed by atoms with Crippen LogP contribution in [0, 0.1) is 12.3 Å². The van der Waals surface area contributed by atoms with Crippen molar-refractivity contribution in [3.8, 4) is 28.3 Å². The van der Waals surface area contributed by atoms with Gasteiger partial charge in [-0.25, -0.2) is 4.98 Å². The van der Waals surface area contributed by atoms with E-state index in [2.05, 4.69) is 10.1 Å². The van der Waals surface area contributed by atoms with E-state index in [1.54, 1.807) is 28.8 Å². The number of rotatable bonds is 4. The minimum absolute atomic E-state index is 0.0179. The van der Waals surface area contributed by atoms with Gasteiger partial charge in [-0.15, -0.1) is 0 Å². The number of benzene rings is 2. The molecule has 0 amide bonds. The van der Waals surface area contributed by atoms with Crippen LogP contribution in [0.25, 0.3) is 28.0 Å². The number of hydrogen-bond acceptors (Lipinski definition) is 5. The molecule has 2 aromatic carbocycles. The number of nitrogen functional groups attached to an aromatic ring is 1. The van der Waals surface area contributed by atoms with Crippen LogP contribution in [0.2, 0.25) is 0 Å². The number of hydrogen-bond donors (Lipinski definition) is 5. The van der Waals surface area contributed by atoms with Crippen molar-refractivity contribution in [1.82, 2.24) is 9.38 Å². The SMILES string of the molecule is Cc1cc(C(=N)N)cn2c(O)c(-c3cccc(-c4ccc(/C(N)=N/O)cc4)c3)nc12. The van der Waals surface area contributed by atoms with E-state index in [1.165, 1.54) is 0 Å². The molecule has 4 aromatic rings. The van der Waals surface area contributed by atoms with E-state index in [0.717, 1.165) is 22.3 Å². The molecule has 2 aromatic heterocycles. The Morgan fingerprint density at radius 2 is 1.70 bits per heavy atom. The molecule has 8 nitrogen and oxygen atoms in total. The van der Waals surface area contributed by atoms with Crippen molar-refractivity contribution < 1.29 is 10.3 Å². The van der Waals surface area contributed by atoms with Gasteiger partial charge in [-0.1, -0.05) is 47.6 Å². The Bertz CT molecular complexity index is 1310. The van der Waals surface area contributed by atoms with Gasteiger partial charge in [0.05, 0.1) is 0 Å². The normalized spacial score (nSPS) is 11.7. The monoisotopic (exact) mass is 400 g/mol. The first-order valence-corrected chi connectivity index (χ1v) is 9.14. The number of oxime groups is 1. The number of nitrogens with zero attached hydrogens (tertiary/aromatic N) is 3. The van der Waals surface area contributed by atoms with Crippen molar-refractivity contribution in [3.63, 3.8) is 0 Å². The predicted octanol–water partition coefficient (Wildman–Crippen LogP) is 3.06. The Morgan fingerprint density at radius 3 is 2.37 bits per heavy atom. The molecule has 0 spiro atoms. The molecule has 0 aliphatic rings. The minimum atomic E-state index is -0.0769. The summed E-state index contributed by atoms with van der Waals surface area (Å²) in [5, 5.41) is 30.3. The van der Waals surface area contributed by atoms with E-state index in [1.807, 2.05) is 43.3 Å². The van der Waals surface area contributed by atoms with Gasteiger partial charge in [0.2, 0.25) is 5.88 Å². The molecule has 0 atom stereocenters. The lowest BCUT2D eigenvalue weighted by Crippen LogP contribution is -2.12. The number of nitrogens with two attached hydrogens (primary N) is 2. The van der Waals surface area contributed by atoms with Crippen LogP contribution in [0.1, 0.15) is 16.7 Å². The van der Waals surface area contributed by atoms with E-state index in [0.29, 0.717) is 22.5 Å². The number of pyridine rings is 1. The molecule has 4 rings (SSSR count). The van der Waals surface area contributed by atoms with Gasteiger partial charge in [0.1, 0.15) is 17.2 Å². The lowest BCUT2D eigenvalue weighted by molar-refractivity contribution is 0.318. The van der Waals surface area contributed by atoms with Crippen LogP contribution in [-0.2, 0) is 0 Å². The standard InChI is InChI=1S/C22H20N6O2/c1-12-9-17(19(23)24)11-28-21(12)26-18(22(28)29)16-4-2-3-15(10-16)13-5-7-14(8-6-13)20(25)27-30/h2-11,29-30H,1H3,(H3,23,24)(H2,25,27). The maximum absolute atomic E-state index is 10.8. The molecular weight excluding hydrogens is 380 g/mol. The zero-order valence-electron chi connectivity index (χ0n) is 16.2. The number of aromatic hydroxyl groups is 1. The van der Waals surface area contributed by atoms with Crippen molar-refractivity contribution in [3.05, 3.63) is 77.5 Å². The fraction of sp³-hybridized carbons (Fsp3) is 0.0455. The highest BCUT2D eigenvalue weighted by atomic mass is 16.4. The quantitative estimate of drug-likeness (QED) is 0.155. The third kappa shape index (κ3) is 3.20. The smallest absolute Gasteiger partial charge is 0.224 e. The topological polar surface area (TPSA) is 146 Å². The first-order valence-electron chi connectivity index (χ1n) is 9.14. The fourth-order valence-electron chi connectivity index (χ4n) is 3.38. The summed E-state index contributed by atoms with van der Waals surface area (Å²) in [7, 11) is 0. The highest BCUT2D eigenvalue weighted by Gasteiger charge is 2.16. The van der Waals surface area contributed by atoms with Crippen LogP contribution in [0.4, 0.5) is 0 Å². The number of aryl methyl sites for hydroxylation is 1. The average Bonchev–Trinajstić information content (AvgIpc) is 3.10. The molecule has 0 aliphatic carbocycles. The molecule has 150 valence electrons. The maximum atomic E-state index is 10.8.